The van der Waals surface area contributed by atoms with E-state index in [9.17, 15) is 14.4 Å². The van der Waals surface area contributed by atoms with Gasteiger partial charge in [0.25, 0.3) is 11.8 Å². The molecule has 78 valence electrons. The molecule has 0 saturated carbocycles. The zero-order valence-electron chi connectivity index (χ0n) is 9.02. The molecule has 1 aliphatic heterocycles. The Kier molecular flexibility index (Phi) is 2.45. The maximum atomic E-state index is 11.6. The summed E-state index contributed by atoms with van der Waals surface area (Å²) in [6, 6.07) is -0.650. The van der Waals surface area contributed by atoms with Crippen LogP contribution in [0.5, 0.6) is 0 Å². The van der Waals surface area contributed by atoms with Crippen molar-refractivity contribution in [3.63, 3.8) is 0 Å². The average molecular weight is 202 g/mol. The molecule has 0 aromatic carbocycles. The molecule has 1 heterocycles. The summed E-state index contributed by atoms with van der Waals surface area (Å²) in [5.74, 6) is -1.54. The molecule has 1 aliphatic rings. The van der Waals surface area contributed by atoms with Crippen LogP contribution in [0.25, 0.3) is 0 Å². The number of carbonyl (C=O) groups is 3. The normalized spacial score (nSPS) is 20.4. The number of likely N-dealkylation sites (N-methyl/N-ethyl adjacent to an activating group) is 2. The maximum absolute atomic E-state index is 11.6. The van der Waals surface area contributed by atoms with Crippen LogP contribution in [0.3, 0.4) is 0 Å². The van der Waals surface area contributed by atoms with E-state index in [1.54, 1.807) is 13.8 Å². The van der Waals surface area contributed by atoms with Gasteiger partial charge in [0.05, 0.1) is 0 Å². The standard InChI is InChI=1S/C8H12N2O4/c1-3-9-6(12)5(11)7(13)10(4-2)8(9)14/h5,11H,3-4H2,1-2H3/i11T. The van der Waals surface area contributed by atoms with Gasteiger partial charge in [0.1, 0.15) is 0 Å². The molecule has 0 aromatic rings. The first kappa shape index (κ1) is 9.14. The van der Waals surface area contributed by atoms with E-state index >= 15 is 0 Å². The molecule has 1 rings (SSSR count). The minimum Gasteiger partial charge on any atom is -0.375 e. The fourth-order valence-electron chi connectivity index (χ4n) is 1.31. The molecule has 14 heavy (non-hydrogen) atoms. The Labute approximate surface area is 82.6 Å². The lowest BCUT2D eigenvalue weighted by atomic mass is 10.2. The lowest BCUT2D eigenvalue weighted by molar-refractivity contribution is -0.155. The number of aliphatic hydroxyl groups excluding tert-OH is 1. The summed E-state index contributed by atoms with van der Waals surface area (Å²) in [4.78, 5) is 36.3. The van der Waals surface area contributed by atoms with Crippen molar-refractivity contribution in [3.8, 4) is 0 Å². The third-order valence-corrected chi connectivity index (χ3v) is 2.07. The number of barbiturate groups is 1. The zero-order valence-corrected chi connectivity index (χ0v) is 8.02. The van der Waals surface area contributed by atoms with E-state index in [-0.39, 0.29) is 13.1 Å². The van der Waals surface area contributed by atoms with Crippen LogP contribution in [0.1, 0.15) is 13.8 Å². The van der Waals surface area contributed by atoms with Gasteiger partial charge >= 0.3 is 6.03 Å². The molecule has 1 N–H and O–H groups in total. The highest BCUT2D eigenvalue weighted by Gasteiger charge is 2.43. The average Bonchev–Trinajstić information content (AvgIpc) is 2.19. The first-order chi connectivity index (χ1) is 7.08. The molecule has 0 radical (unpaired) electrons. The fourth-order valence-corrected chi connectivity index (χ4v) is 1.31. The van der Waals surface area contributed by atoms with Crippen LogP contribution in [0.4, 0.5) is 4.79 Å². The summed E-state index contributed by atoms with van der Waals surface area (Å²) in [6.45, 7) is 3.53. The molecule has 0 bridgehead atoms. The highest BCUT2D eigenvalue weighted by molar-refractivity contribution is 6.17. The van der Waals surface area contributed by atoms with Gasteiger partial charge in [0.2, 0.25) is 7.54 Å². The first-order valence-corrected chi connectivity index (χ1v) is 4.37. The van der Waals surface area contributed by atoms with Crippen molar-refractivity contribution >= 4 is 17.8 Å². The second-order valence-corrected chi connectivity index (χ2v) is 2.83. The third-order valence-electron chi connectivity index (χ3n) is 2.07. The minimum absolute atomic E-state index is 0.154. The van der Waals surface area contributed by atoms with Gasteiger partial charge in [-0.1, -0.05) is 0 Å². The van der Waals surface area contributed by atoms with Crippen molar-refractivity contribution in [1.29, 1.82) is 1.43 Å². The number of aliphatic hydroxyl groups is 1. The SMILES string of the molecule is [3H]OC1C(=O)N(CC)C(=O)N(CC)C1=O. The number of rotatable bonds is 3. The van der Waals surface area contributed by atoms with E-state index in [4.69, 9.17) is 1.43 Å². The predicted octanol–water partition coefficient (Wildman–Crippen LogP) is -0.822. The van der Waals surface area contributed by atoms with Crippen molar-refractivity contribution in [2.75, 3.05) is 13.1 Å². The highest BCUT2D eigenvalue weighted by atomic mass is 16.3. The molecule has 0 aromatic heterocycles. The van der Waals surface area contributed by atoms with Gasteiger partial charge < -0.3 is 5.11 Å². The van der Waals surface area contributed by atoms with Gasteiger partial charge in [-0.3, -0.25) is 19.4 Å². The van der Waals surface area contributed by atoms with Crippen molar-refractivity contribution in [2.24, 2.45) is 0 Å². The zero-order chi connectivity index (χ0) is 11.6. The summed E-state index contributed by atoms with van der Waals surface area (Å²) in [5, 5.41) is 4.04. The van der Waals surface area contributed by atoms with E-state index < -0.39 is 23.9 Å². The van der Waals surface area contributed by atoms with Crippen LogP contribution in [0.15, 0.2) is 0 Å². The van der Waals surface area contributed by atoms with E-state index in [2.05, 4.69) is 5.11 Å². The van der Waals surface area contributed by atoms with Crippen LogP contribution in [0, 0.1) is 0 Å². The van der Waals surface area contributed by atoms with Crippen molar-refractivity contribution in [1.82, 2.24) is 9.80 Å². The van der Waals surface area contributed by atoms with E-state index in [0.29, 0.717) is 0 Å². The van der Waals surface area contributed by atoms with Gasteiger partial charge in [0.15, 0.2) is 0 Å². The fraction of sp³-hybridized carbons (Fsp3) is 0.625. The van der Waals surface area contributed by atoms with E-state index in [0.717, 1.165) is 9.80 Å². The summed E-state index contributed by atoms with van der Waals surface area (Å²) in [7, 11) is 0. The number of amides is 4. The van der Waals surface area contributed by atoms with Crippen molar-refractivity contribution in [2.45, 2.75) is 20.0 Å². The van der Waals surface area contributed by atoms with Gasteiger partial charge in [-0.05, 0) is 13.8 Å². The number of imide groups is 2. The van der Waals surface area contributed by atoms with Gasteiger partial charge in [-0.15, -0.1) is 0 Å². The number of nitrogens with zero attached hydrogens (tertiary/aromatic N) is 2. The van der Waals surface area contributed by atoms with Crippen LogP contribution in [0.2, 0.25) is 0 Å². The molecular weight excluding hydrogens is 188 g/mol. The Morgan fingerprint density at radius 2 is 1.64 bits per heavy atom. The van der Waals surface area contributed by atoms with Gasteiger partial charge in [0, 0.05) is 13.1 Å². The van der Waals surface area contributed by atoms with Crippen LogP contribution in [-0.2, 0) is 9.59 Å². The summed E-state index contributed by atoms with van der Waals surface area (Å²) < 4.78 is 6.65. The monoisotopic (exact) mass is 202 g/mol. The summed E-state index contributed by atoms with van der Waals surface area (Å²) >= 11 is 0. The molecule has 0 spiro atoms. The largest absolute Gasteiger partial charge is 0.375 e. The minimum atomic E-state index is -1.51. The van der Waals surface area contributed by atoms with Crippen LogP contribution >= 0.6 is 0 Å². The number of hydrogen-bond donors (Lipinski definition) is 1. The Morgan fingerprint density at radius 3 is 1.93 bits per heavy atom. The van der Waals surface area contributed by atoms with Gasteiger partial charge in [-0.2, -0.15) is 0 Å². The number of carbonyl (C=O) groups excluding carboxylic acids is 3. The first-order valence-electron chi connectivity index (χ1n) is 4.77. The molecule has 0 aliphatic carbocycles. The molecule has 4 amide bonds. The van der Waals surface area contributed by atoms with Crippen LogP contribution < -0.4 is 0 Å². The smallest absolute Gasteiger partial charge is 0.333 e. The Balaban J connectivity index is 3.03. The van der Waals surface area contributed by atoms with Crippen molar-refractivity contribution < 1.29 is 19.5 Å². The number of urea groups is 1. The maximum Gasteiger partial charge on any atom is 0.333 e. The molecule has 0 atom stereocenters. The van der Waals surface area contributed by atoms with E-state index in [1.165, 1.54) is 0 Å². The summed E-state index contributed by atoms with van der Waals surface area (Å²) in [6.07, 6.45) is -1.51. The van der Waals surface area contributed by atoms with Gasteiger partial charge in [-0.25, -0.2) is 4.79 Å². The van der Waals surface area contributed by atoms with Crippen molar-refractivity contribution in [3.05, 3.63) is 0 Å². The lowest BCUT2D eigenvalue weighted by Gasteiger charge is -2.33. The Morgan fingerprint density at radius 1 is 1.21 bits per heavy atom. The molecular formula is C8H12N2O4. The molecule has 1 fully saturated rings. The molecule has 6 heteroatoms. The Bertz CT molecular complexity index is 241. The quantitative estimate of drug-likeness (QED) is 0.606. The summed E-state index contributed by atoms with van der Waals surface area (Å²) in [5.41, 5.74) is 0. The Hall–Kier alpha value is -1.43. The molecule has 1 saturated heterocycles. The number of hydrogen-bond acceptors (Lipinski definition) is 4. The second-order valence-electron chi connectivity index (χ2n) is 2.83. The predicted molar refractivity (Wildman–Crippen MR) is 46.2 cm³/mol. The second kappa shape index (κ2) is 3.75. The third kappa shape index (κ3) is 1.37. The topological polar surface area (TPSA) is 77.9 Å². The van der Waals surface area contributed by atoms with Crippen LogP contribution in [-0.4, -0.2) is 53.4 Å². The molecule has 6 nitrogen and oxygen atoms in total. The lowest BCUT2D eigenvalue weighted by Crippen LogP contribution is -2.61. The highest BCUT2D eigenvalue weighted by Crippen LogP contribution is 2.11. The molecule has 0 unspecified atom stereocenters. The van der Waals surface area contributed by atoms with E-state index in [1.807, 2.05) is 0 Å².